The SMILES string of the molecule is CCc1cc(N2CCC(N3CCN(C)CC3)CC2)c(OC)cc1N. The van der Waals surface area contributed by atoms with Crippen LogP contribution in [0.1, 0.15) is 25.3 Å². The van der Waals surface area contributed by atoms with Crippen molar-refractivity contribution in [3.8, 4) is 5.75 Å². The highest BCUT2D eigenvalue weighted by atomic mass is 16.5. The van der Waals surface area contributed by atoms with Crippen molar-refractivity contribution in [2.24, 2.45) is 0 Å². The molecule has 0 saturated carbocycles. The topological polar surface area (TPSA) is 45.0 Å². The summed E-state index contributed by atoms with van der Waals surface area (Å²) in [5, 5.41) is 0. The van der Waals surface area contributed by atoms with Crippen LogP contribution in [0.4, 0.5) is 11.4 Å². The molecule has 2 N–H and O–H groups in total. The van der Waals surface area contributed by atoms with Crippen molar-refractivity contribution in [3.05, 3.63) is 17.7 Å². The molecule has 1 aromatic carbocycles. The number of rotatable bonds is 4. The lowest BCUT2D eigenvalue weighted by molar-refractivity contribution is 0.0981. The van der Waals surface area contributed by atoms with Crippen LogP contribution >= 0.6 is 0 Å². The van der Waals surface area contributed by atoms with Gasteiger partial charge in [-0.05, 0) is 37.9 Å². The number of hydrogen-bond donors (Lipinski definition) is 1. The van der Waals surface area contributed by atoms with Crippen molar-refractivity contribution in [2.45, 2.75) is 32.2 Å². The van der Waals surface area contributed by atoms with Crippen molar-refractivity contribution in [1.82, 2.24) is 9.80 Å². The Morgan fingerprint density at radius 3 is 2.33 bits per heavy atom. The molecule has 0 spiro atoms. The maximum Gasteiger partial charge on any atom is 0.144 e. The minimum Gasteiger partial charge on any atom is -0.495 e. The summed E-state index contributed by atoms with van der Waals surface area (Å²) in [7, 11) is 3.96. The summed E-state index contributed by atoms with van der Waals surface area (Å²) in [6.07, 6.45) is 3.43. The summed E-state index contributed by atoms with van der Waals surface area (Å²) in [5.41, 5.74) is 9.39. The van der Waals surface area contributed by atoms with Gasteiger partial charge in [0.05, 0.1) is 12.8 Å². The first-order chi connectivity index (χ1) is 11.6. The highest BCUT2D eigenvalue weighted by Crippen LogP contribution is 2.35. The third kappa shape index (κ3) is 3.62. The van der Waals surface area contributed by atoms with Crippen molar-refractivity contribution in [1.29, 1.82) is 0 Å². The van der Waals surface area contributed by atoms with Gasteiger partial charge in [-0.1, -0.05) is 6.92 Å². The summed E-state index contributed by atoms with van der Waals surface area (Å²) in [5.74, 6) is 0.905. The lowest BCUT2D eigenvalue weighted by Crippen LogP contribution is -2.52. The van der Waals surface area contributed by atoms with Crippen LogP contribution in [0.25, 0.3) is 0 Å². The molecule has 2 fully saturated rings. The summed E-state index contributed by atoms with van der Waals surface area (Å²) in [4.78, 5) is 7.59. The smallest absolute Gasteiger partial charge is 0.144 e. The van der Waals surface area contributed by atoms with E-state index in [2.05, 4.69) is 34.7 Å². The zero-order valence-electron chi connectivity index (χ0n) is 15.4. The third-order valence-electron chi connectivity index (χ3n) is 5.68. The molecule has 2 aliphatic heterocycles. The highest BCUT2D eigenvalue weighted by Gasteiger charge is 2.27. The van der Waals surface area contributed by atoms with Gasteiger partial charge in [0.2, 0.25) is 0 Å². The van der Waals surface area contributed by atoms with E-state index in [9.17, 15) is 0 Å². The van der Waals surface area contributed by atoms with E-state index in [1.165, 1.54) is 50.3 Å². The van der Waals surface area contributed by atoms with E-state index in [1.54, 1.807) is 7.11 Å². The van der Waals surface area contributed by atoms with Crippen LogP contribution < -0.4 is 15.4 Å². The number of ether oxygens (including phenoxy) is 1. The zero-order valence-corrected chi connectivity index (χ0v) is 15.4. The fraction of sp³-hybridized carbons (Fsp3) is 0.684. The Balaban J connectivity index is 1.66. The molecular formula is C19H32N4O. The van der Waals surface area contributed by atoms with Gasteiger partial charge in [-0.25, -0.2) is 0 Å². The number of aryl methyl sites for hydroxylation is 1. The van der Waals surface area contributed by atoms with Crippen LogP contribution in [0.5, 0.6) is 5.75 Å². The van der Waals surface area contributed by atoms with Crippen LogP contribution in [0.15, 0.2) is 12.1 Å². The van der Waals surface area contributed by atoms with Gasteiger partial charge in [0.1, 0.15) is 5.75 Å². The van der Waals surface area contributed by atoms with E-state index >= 15 is 0 Å². The molecular weight excluding hydrogens is 300 g/mol. The molecule has 2 heterocycles. The Bertz CT molecular complexity index is 547. The van der Waals surface area contributed by atoms with Crippen LogP contribution in [0.2, 0.25) is 0 Å². The lowest BCUT2D eigenvalue weighted by atomic mass is 10.0. The summed E-state index contributed by atoms with van der Waals surface area (Å²) in [6, 6.07) is 4.95. The molecule has 24 heavy (non-hydrogen) atoms. The van der Waals surface area contributed by atoms with Gasteiger partial charge < -0.3 is 20.3 Å². The molecule has 2 aliphatic rings. The van der Waals surface area contributed by atoms with E-state index in [0.717, 1.165) is 37.0 Å². The van der Waals surface area contributed by atoms with Gasteiger partial charge in [0, 0.05) is 57.1 Å². The van der Waals surface area contributed by atoms with Gasteiger partial charge in [0.15, 0.2) is 0 Å². The monoisotopic (exact) mass is 332 g/mol. The Morgan fingerprint density at radius 1 is 1.08 bits per heavy atom. The molecule has 0 bridgehead atoms. The Morgan fingerprint density at radius 2 is 1.75 bits per heavy atom. The average Bonchev–Trinajstić information content (AvgIpc) is 2.62. The number of methoxy groups -OCH3 is 1. The number of nitrogens with zero attached hydrogens (tertiary/aromatic N) is 3. The van der Waals surface area contributed by atoms with Gasteiger partial charge in [-0.3, -0.25) is 4.90 Å². The van der Waals surface area contributed by atoms with E-state index in [-0.39, 0.29) is 0 Å². The first-order valence-corrected chi connectivity index (χ1v) is 9.26. The molecule has 0 atom stereocenters. The molecule has 1 aromatic rings. The van der Waals surface area contributed by atoms with Crippen molar-refractivity contribution in [3.63, 3.8) is 0 Å². The van der Waals surface area contributed by atoms with E-state index in [1.807, 2.05) is 6.07 Å². The second-order valence-corrected chi connectivity index (χ2v) is 7.13. The maximum atomic E-state index is 6.13. The molecule has 134 valence electrons. The number of nitrogen functional groups attached to an aromatic ring is 1. The molecule has 0 amide bonds. The molecule has 3 rings (SSSR count). The number of piperidine rings is 1. The van der Waals surface area contributed by atoms with Crippen LogP contribution in [0, 0.1) is 0 Å². The summed E-state index contributed by atoms with van der Waals surface area (Å²) < 4.78 is 5.60. The third-order valence-corrected chi connectivity index (χ3v) is 5.68. The molecule has 0 aliphatic carbocycles. The molecule has 5 nitrogen and oxygen atoms in total. The molecule has 0 radical (unpaired) electrons. The minimum atomic E-state index is 0.736. The average molecular weight is 332 g/mol. The van der Waals surface area contributed by atoms with Crippen molar-refractivity contribution in [2.75, 3.05) is 64.1 Å². The van der Waals surface area contributed by atoms with Gasteiger partial charge in [0.25, 0.3) is 0 Å². The normalized spacial score (nSPS) is 21.2. The van der Waals surface area contributed by atoms with Crippen LogP contribution in [0.3, 0.4) is 0 Å². The Labute approximate surface area is 146 Å². The second kappa shape index (κ2) is 7.62. The number of hydrogen-bond acceptors (Lipinski definition) is 5. The number of likely N-dealkylation sites (N-methyl/N-ethyl adjacent to an activating group) is 1. The van der Waals surface area contributed by atoms with Crippen LogP contribution in [-0.2, 0) is 6.42 Å². The molecule has 0 aromatic heterocycles. The van der Waals surface area contributed by atoms with Crippen molar-refractivity contribution < 1.29 is 4.74 Å². The maximum absolute atomic E-state index is 6.13. The predicted molar refractivity (Wildman–Crippen MR) is 101 cm³/mol. The fourth-order valence-electron chi connectivity index (χ4n) is 4.00. The van der Waals surface area contributed by atoms with E-state index in [0.29, 0.717) is 0 Å². The standard InChI is InChI=1S/C19H32N4O/c1-4-15-13-18(19(24-3)14-17(15)20)23-7-5-16(6-8-23)22-11-9-21(2)10-12-22/h13-14,16H,4-12,20H2,1-3H3. The largest absolute Gasteiger partial charge is 0.495 e. The highest BCUT2D eigenvalue weighted by molar-refractivity contribution is 5.67. The Kier molecular flexibility index (Phi) is 5.51. The molecule has 5 heteroatoms. The molecule has 0 unspecified atom stereocenters. The Hall–Kier alpha value is -1.46. The number of piperazine rings is 1. The first-order valence-electron chi connectivity index (χ1n) is 9.26. The first kappa shape index (κ1) is 17.4. The van der Waals surface area contributed by atoms with Crippen LogP contribution in [-0.4, -0.2) is 69.3 Å². The van der Waals surface area contributed by atoms with Gasteiger partial charge in [-0.15, -0.1) is 0 Å². The van der Waals surface area contributed by atoms with Gasteiger partial charge >= 0.3 is 0 Å². The minimum absolute atomic E-state index is 0.736. The van der Waals surface area contributed by atoms with Crippen molar-refractivity contribution >= 4 is 11.4 Å². The van der Waals surface area contributed by atoms with E-state index in [4.69, 9.17) is 10.5 Å². The quantitative estimate of drug-likeness (QED) is 0.855. The van der Waals surface area contributed by atoms with Gasteiger partial charge in [-0.2, -0.15) is 0 Å². The fourth-order valence-corrected chi connectivity index (χ4v) is 4.00. The number of anilines is 2. The molecule has 2 saturated heterocycles. The number of benzene rings is 1. The predicted octanol–water partition coefficient (Wildman–Crippen LogP) is 2.06. The van der Waals surface area contributed by atoms with E-state index < -0.39 is 0 Å². The zero-order chi connectivity index (χ0) is 17.1. The second-order valence-electron chi connectivity index (χ2n) is 7.13. The number of nitrogens with two attached hydrogens (primary N) is 1. The summed E-state index contributed by atoms with van der Waals surface area (Å²) >= 11 is 0. The summed E-state index contributed by atoms with van der Waals surface area (Å²) in [6.45, 7) is 9.18. The lowest BCUT2D eigenvalue weighted by Gasteiger charge is -2.42.